The number of benzene rings is 1. The van der Waals surface area contributed by atoms with Gasteiger partial charge in [0.25, 0.3) is 5.69 Å². The van der Waals surface area contributed by atoms with Crippen LogP contribution in [0.5, 0.6) is 0 Å². The lowest BCUT2D eigenvalue weighted by Crippen LogP contribution is -2.33. The first kappa shape index (κ1) is 19.4. The average molecular weight is 362 g/mol. The molecule has 0 radical (unpaired) electrons. The van der Waals surface area contributed by atoms with Crippen molar-refractivity contribution < 1.29 is 24.0 Å². The number of alkyl carbamates (subject to hydrolysis) is 1. The van der Waals surface area contributed by atoms with Crippen molar-refractivity contribution in [1.82, 2.24) is 5.32 Å². The van der Waals surface area contributed by atoms with Crippen molar-refractivity contribution in [1.29, 1.82) is 0 Å². The molecule has 0 spiro atoms. The number of carbonyl (C=O) groups is 2. The lowest BCUT2D eigenvalue weighted by molar-refractivity contribution is -0.384. The van der Waals surface area contributed by atoms with E-state index in [0.717, 1.165) is 12.8 Å². The van der Waals surface area contributed by atoms with E-state index in [1.54, 1.807) is 20.8 Å². The van der Waals surface area contributed by atoms with Crippen LogP contribution in [-0.2, 0) is 9.47 Å². The normalized spacial score (nSPS) is 14.6. The third-order valence-corrected chi connectivity index (χ3v) is 3.60. The van der Waals surface area contributed by atoms with Crippen LogP contribution < -0.4 is 5.32 Å². The van der Waals surface area contributed by atoms with Gasteiger partial charge in [0.2, 0.25) is 0 Å². The predicted molar refractivity (Wildman–Crippen MR) is 93.4 cm³/mol. The first-order valence-corrected chi connectivity index (χ1v) is 8.34. The number of nitro groups is 1. The largest absolute Gasteiger partial charge is 0.444 e. The van der Waals surface area contributed by atoms with E-state index in [0.29, 0.717) is 24.3 Å². The van der Waals surface area contributed by atoms with Gasteiger partial charge in [0.15, 0.2) is 0 Å². The molecular weight excluding hydrogens is 340 g/mol. The first-order chi connectivity index (χ1) is 12.2. The molecular formula is C18H22N2O6. The molecule has 2 rings (SSSR count). The molecule has 0 saturated carbocycles. The van der Waals surface area contributed by atoms with E-state index in [2.05, 4.69) is 5.32 Å². The van der Waals surface area contributed by atoms with E-state index in [4.69, 9.17) is 9.47 Å². The van der Waals surface area contributed by atoms with Gasteiger partial charge in [-0.1, -0.05) is 0 Å². The van der Waals surface area contributed by atoms with Gasteiger partial charge in [0.05, 0.1) is 16.2 Å². The van der Waals surface area contributed by atoms with Gasteiger partial charge in [-0.3, -0.25) is 15.4 Å². The molecule has 26 heavy (non-hydrogen) atoms. The van der Waals surface area contributed by atoms with Gasteiger partial charge < -0.3 is 9.47 Å². The van der Waals surface area contributed by atoms with Gasteiger partial charge in [0, 0.05) is 18.6 Å². The number of carbonyl (C=O) groups excluding carboxylic acids is 2. The Labute approximate surface area is 151 Å². The molecule has 8 nitrogen and oxygen atoms in total. The van der Waals surface area contributed by atoms with Crippen LogP contribution in [0.2, 0.25) is 0 Å². The second-order valence-corrected chi connectivity index (χ2v) is 6.93. The van der Waals surface area contributed by atoms with E-state index in [1.807, 2.05) is 0 Å². The summed E-state index contributed by atoms with van der Waals surface area (Å²) in [4.78, 5) is 34.4. The molecule has 1 aliphatic rings. The monoisotopic (exact) mass is 362 g/mol. The summed E-state index contributed by atoms with van der Waals surface area (Å²) in [5.41, 5.74) is -0.00805. The number of rotatable bonds is 4. The number of hydrogen-bond acceptors (Lipinski definition) is 6. The molecule has 0 heterocycles. The Kier molecular flexibility index (Phi) is 5.97. The fraction of sp³-hybridized carbons (Fsp3) is 0.444. The Hall–Kier alpha value is -2.90. The number of nitrogens with one attached hydrogen (secondary N) is 1. The van der Waals surface area contributed by atoms with Gasteiger partial charge in [-0.2, -0.15) is 0 Å². The summed E-state index contributed by atoms with van der Waals surface area (Å²) >= 11 is 0. The Balaban J connectivity index is 2.10. The highest BCUT2D eigenvalue weighted by atomic mass is 16.6. The van der Waals surface area contributed by atoms with Gasteiger partial charge in [-0.25, -0.2) is 9.59 Å². The molecule has 140 valence electrons. The second-order valence-electron chi connectivity index (χ2n) is 6.93. The Morgan fingerprint density at radius 2 is 1.73 bits per heavy atom. The Morgan fingerprint density at radius 1 is 1.12 bits per heavy atom. The van der Waals surface area contributed by atoms with Gasteiger partial charge in [-0.05, 0) is 52.2 Å². The van der Waals surface area contributed by atoms with Crippen LogP contribution >= 0.6 is 0 Å². The third-order valence-electron chi connectivity index (χ3n) is 3.60. The number of esters is 1. The minimum atomic E-state index is -0.630. The molecule has 0 bridgehead atoms. The van der Waals surface area contributed by atoms with Crippen LogP contribution in [0.4, 0.5) is 10.5 Å². The standard InChI is InChI=1S/C18H22N2O6/c1-18(2,3)26-17(22)19-14-6-4-5-7-15(14)25-16(21)12-8-10-13(11-9-12)20(23)24/h8-11H,4-7H2,1-3H3,(H,19,22). The minimum absolute atomic E-state index is 0.106. The molecule has 0 aliphatic heterocycles. The molecule has 0 atom stereocenters. The molecule has 1 amide bonds. The summed E-state index contributed by atoms with van der Waals surface area (Å²) in [6.07, 6.45) is 2.19. The number of ether oxygens (including phenoxy) is 2. The summed E-state index contributed by atoms with van der Waals surface area (Å²) in [6.45, 7) is 5.28. The fourth-order valence-electron chi connectivity index (χ4n) is 2.44. The number of amides is 1. The first-order valence-electron chi connectivity index (χ1n) is 8.34. The number of allylic oxidation sites excluding steroid dienone is 2. The van der Waals surface area contributed by atoms with Crippen molar-refractivity contribution in [3.05, 3.63) is 51.4 Å². The van der Waals surface area contributed by atoms with Crippen molar-refractivity contribution in [2.45, 2.75) is 52.1 Å². The SMILES string of the molecule is CC(C)(C)OC(=O)NC1=C(OC(=O)c2ccc([N+](=O)[O-])cc2)CCCC1. The maximum Gasteiger partial charge on any atom is 0.411 e. The van der Waals surface area contributed by atoms with Crippen molar-refractivity contribution in [3.63, 3.8) is 0 Å². The quantitative estimate of drug-likeness (QED) is 0.491. The molecule has 1 aromatic rings. The van der Waals surface area contributed by atoms with Crippen molar-refractivity contribution in [3.8, 4) is 0 Å². The Morgan fingerprint density at radius 3 is 2.31 bits per heavy atom. The van der Waals surface area contributed by atoms with E-state index in [1.165, 1.54) is 24.3 Å². The molecule has 0 fully saturated rings. The van der Waals surface area contributed by atoms with Gasteiger partial charge in [0.1, 0.15) is 11.4 Å². The maximum absolute atomic E-state index is 12.3. The highest BCUT2D eigenvalue weighted by Gasteiger charge is 2.23. The molecule has 0 saturated heterocycles. The zero-order valence-electron chi connectivity index (χ0n) is 15.0. The fourth-order valence-corrected chi connectivity index (χ4v) is 2.44. The highest BCUT2D eigenvalue weighted by Crippen LogP contribution is 2.25. The van der Waals surface area contributed by atoms with Crippen LogP contribution in [0.25, 0.3) is 0 Å². The van der Waals surface area contributed by atoms with Crippen molar-refractivity contribution >= 4 is 17.7 Å². The van der Waals surface area contributed by atoms with E-state index >= 15 is 0 Å². The summed E-state index contributed by atoms with van der Waals surface area (Å²) in [5.74, 6) is -0.231. The lowest BCUT2D eigenvalue weighted by atomic mass is 10.0. The van der Waals surface area contributed by atoms with Gasteiger partial charge in [-0.15, -0.1) is 0 Å². The number of nitro benzene ring substituents is 1. The molecule has 1 aromatic carbocycles. The lowest BCUT2D eigenvalue weighted by Gasteiger charge is -2.23. The summed E-state index contributed by atoms with van der Waals surface area (Å²) in [7, 11) is 0. The second kappa shape index (κ2) is 7.99. The summed E-state index contributed by atoms with van der Waals surface area (Å²) < 4.78 is 10.6. The topological polar surface area (TPSA) is 108 Å². The predicted octanol–water partition coefficient (Wildman–Crippen LogP) is 4.06. The van der Waals surface area contributed by atoms with E-state index in [9.17, 15) is 19.7 Å². The van der Waals surface area contributed by atoms with Crippen LogP contribution in [0.15, 0.2) is 35.7 Å². The average Bonchev–Trinajstić information content (AvgIpc) is 2.55. The van der Waals surface area contributed by atoms with Crippen LogP contribution in [0.3, 0.4) is 0 Å². The van der Waals surface area contributed by atoms with Crippen LogP contribution in [0, 0.1) is 10.1 Å². The zero-order chi connectivity index (χ0) is 19.3. The molecule has 1 N–H and O–H groups in total. The smallest absolute Gasteiger partial charge is 0.411 e. The van der Waals surface area contributed by atoms with Crippen LogP contribution in [-0.4, -0.2) is 22.6 Å². The number of hydrogen-bond donors (Lipinski definition) is 1. The third kappa shape index (κ3) is 5.58. The maximum atomic E-state index is 12.3. The molecule has 1 aliphatic carbocycles. The van der Waals surface area contributed by atoms with Crippen molar-refractivity contribution in [2.24, 2.45) is 0 Å². The molecule has 8 heteroatoms. The molecule has 0 aromatic heterocycles. The molecule has 0 unspecified atom stereocenters. The number of non-ortho nitro benzene ring substituents is 1. The highest BCUT2D eigenvalue weighted by molar-refractivity contribution is 5.90. The minimum Gasteiger partial charge on any atom is -0.444 e. The van der Waals surface area contributed by atoms with E-state index in [-0.39, 0.29) is 11.3 Å². The Bertz CT molecular complexity index is 731. The number of nitrogens with zero attached hydrogens (tertiary/aromatic N) is 1. The zero-order valence-corrected chi connectivity index (χ0v) is 15.0. The summed E-state index contributed by atoms with van der Waals surface area (Å²) in [6, 6.07) is 5.16. The van der Waals surface area contributed by atoms with E-state index < -0.39 is 22.6 Å². The van der Waals surface area contributed by atoms with Crippen LogP contribution in [0.1, 0.15) is 56.8 Å². The van der Waals surface area contributed by atoms with Crippen molar-refractivity contribution in [2.75, 3.05) is 0 Å². The summed E-state index contributed by atoms with van der Waals surface area (Å²) in [5, 5.41) is 13.3. The van der Waals surface area contributed by atoms with Gasteiger partial charge >= 0.3 is 12.1 Å².